The molecular formula is C65H71N3O19. The van der Waals surface area contributed by atoms with E-state index in [0.717, 1.165) is 17.5 Å². The van der Waals surface area contributed by atoms with E-state index in [-0.39, 0.29) is 39.1 Å². The number of aliphatic hydroxyl groups is 2. The van der Waals surface area contributed by atoms with Crippen molar-refractivity contribution < 1.29 is 92.2 Å². The van der Waals surface area contributed by atoms with E-state index in [1.165, 1.54) is 96.5 Å². The zero-order valence-corrected chi connectivity index (χ0v) is 49.6. The van der Waals surface area contributed by atoms with Crippen molar-refractivity contribution in [2.45, 2.75) is 110 Å². The Kier molecular flexibility index (Phi) is 19.9. The second-order valence-corrected chi connectivity index (χ2v) is 21.9. The van der Waals surface area contributed by atoms with Crippen LogP contribution in [0.15, 0.2) is 132 Å². The minimum atomic E-state index is -2.22. The highest BCUT2D eigenvalue weighted by atomic mass is 16.7. The number of Topliss-reactive ketones (excluding diaryl/α,β-unsaturated/α-hetero) is 1. The molecule has 1 amide bonds. The SMILES string of the molecule is COC1C=COC2(C)Oc3c(C)c(O)c4c(O)c(c(/C=N/N(C)C5OC(COC(=O)c6ccccc6)C(OC(=O)c6ccccc6)C5OC(=O)c5ccccc5)c(O)c4c3C2=O)NC(=O)C(C)=CC=CC(C)C(O)C(C)C(O)C(C)C(OC(C)=O)C1C. The van der Waals surface area contributed by atoms with Gasteiger partial charge in [0.05, 0.1) is 69.7 Å². The van der Waals surface area contributed by atoms with Crippen molar-refractivity contribution in [2.75, 3.05) is 26.1 Å². The topological polar surface area (TPSA) is 305 Å². The molecule has 13 unspecified atom stereocenters. The summed E-state index contributed by atoms with van der Waals surface area (Å²) in [6.07, 6.45) is -2.10. The summed E-state index contributed by atoms with van der Waals surface area (Å²) in [5, 5.41) is 67.7. The summed E-state index contributed by atoms with van der Waals surface area (Å²) < 4.78 is 48.3. The fraction of sp³-hybridized carbons (Fsp3) is 0.369. The summed E-state index contributed by atoms with van der Waals surface area (Å²) in [5.41, 5.74) is -0.974. The molecule has 0 aliphatic carbocycles. The van der Waals surface area contributed by atoms with Crippen molar-refractivity contribution in [3.05, 3.63) is 161 Å². The molecule has 5 aromatic rings. The zero-order valence-electron chi connectivity index (χ0n) is 49.6. The van der Waals surface area contributed by atoms with Gasteiger partial charge in [0.15, 0.2) is 24.2 Å². The lowest BCUT2D eigenvalue weighted by molar-refractivity contribution is -0.160. The number of hydrogen-bond donors (Lipinski definition) is 6. The molecule has 5 aromatic carbocycles. The maximum Gasteiger partial charge on any atom is 0.338 e. The summed E-state index contributed by atoms with van der Waals surface area (Å²) in [7, 11) is 2.76. The molecule has 22 nitrogen and oxygen atoms in total. The second-order valence-electron chi connectivity index (χ2n) is 21.9. The van der Waals surface area contributed by atoms with Crippen molar-refractivity contribution in [2.24, 2.45) is 28.8 Å². The number of amides is 1. The lowest BCUT2D eigenvalue weighted by atomic mass is 9.78. The van der Waals surface area contributed by atoms with Crippen LogP contribution in [0.25, 0.3) is 10.8 Å². The zero-order chi connectivity index (χ0) is 63.2. The fourth-order valence-electron chi connectivity index (χ4n) is 10.8. The number of phenolic OH excluding ortho intramolecular Hbond substituents is 3. The third kappa shape index (κ3) is 13.5. The number of likely N-dealkylation sites (N-methyl/N-ethyl adjacent to an activating group) is 1. The van der Waals surface area contributed by atoms with Gasteiger partial charge in [-0.2, -0.15) is 5.10 Å². The van der Waals surface area contributed by atoms with Crippen molar-refractivity contribution in [1.82, 2.24) is 5.01 Å². The lowest BCUT2D eigenvalue weighted by Crippen LogP contribution is -2.46. The number of methoxy groups -OCH3 is 1. The number of phenols is 3. The molecule has 0 spiro atoms. The van der Waals surface area contributed by atoms with Gasteiger partial charge >= 0.3 is 29.7 Å². The molecule has 0 aromatic heterocycles. The summed E-state index contributed by atoms with van der Waals surface area (Å²) >= 11 is 0. The molecule has 1 saturated heterocycles. The molecule has 4 aliphatic rings. The Morgan fingerprint density at radius 2 is 1.30 bits per heavy atom. The number of aliphatic hydroxyl groups excluding tert-OH is 2. The number of hydrogen-bond acceptors (Lipinski definition) is 21. The molecule has 4 aliphatic heterocycles. The first-order chi connectivity index (χ1) is 41.4. The maximum absolute atomic E-state index is 14.9. The van der Waals surface area contributed by atoms with Crippen molar-refractivity contribution >= 4 is 58.2 Å². The normalized spacial score (nSPS) is 26.8. The molecule has 13 atom stereocenters. The number of fused-ring (bicyclic) bond motifs is 14. The second kappa shape index (κ2) is 27.1. The summed E-state index contributed by atoms with van der Waals surface area (Å²) in [4.78, 5) is 83.1. The molecular weight excluding hydrogens is 1130 g/mol. The van der Waals surface area contributed by atoms with E-state index in [4.69, 9.17) is 37.9 Å². The molecule has 0 radical (unpaired) electrons. The van der Waals surface area contributed by atoms with Gasteiger partial charge in [0.2, 0.25) is 0 Å². The van der Waals surface area contributed by atoms with Crippen LogP contribution < -0.4 is 10.1 Å². The van der Waals surface area contributed by atoms with Crippen LogP contribution in [0.4, 0.5) is 5.69 Å². The molecule has 460 valence electrons. The van der Waals surface area contributed by atoms with Crippen LogP contribution in [0, 0.1) is 30.6 Å². The number of benzene rings is 5. The quantitative estimate of drug-likeness (QED) is 0.0172. The Labute approximate surface area is 502 Å². The van der Waals surface area contributed by atoms with Gasteiger partial charge in [-0.15, -0.1) is 0 Å². The van der Waals surface area contributed by atoms with Crippen molar-refractivity contribution in [1.29, 1.82) is 0 Å². The smallest absolute Gasteiger partial charge is 0.338 e. The maximum atomic E-state index is 14.9. The summed E-state index contributed by atoms with van der Waals surface area (Å²) in [5.74, 6) is -12.6. The van der Waals surface area contributed by atoms with E-state index in [9.17, 15) is 54.3 Å². The fourth-order valence-corrected chi connectivity index (χ4v) is 10.8. The van der Waals surface area contributed by atoms with Gasteiger partial charge in [0.1, 0.15) is 36.1 Å². The number of nitrogens with one attached hydrogen (secondary N) is 1. The van der Waals surface area contributed by atoms with Crippen LogP contribution >= 0.6 is 0 Å². The van der Waals surface area contributed by atoms with Gasteiger partial charge in [0.25, 0.3) is 11.7 Å². The predicted octanol–water partition coefficient (Wildman–Crippen LogP) is 8.05. The van der Waals surface area contributed by atoms with Crippen LogP contribution in [-0.2, 0) is 42.7 Å². The first-order valence-electron chi connectivity index (χ1n) is 28.1. The standard InChI is InChI=1S/C65H71N3O19/c1-33-21-20-22-34(2)60(76)67-49-43(31-66-68(9)61-58(86-64(79)42-27-18-13-19-28-42)57(85-63(78)41-25-16-12-17-26-41)45(84-61)32-81-62(77)40-23-14-11-15-24-40)53(73)46-47(54(49)74)52(72)38(6)56-48(46)59(75)65(8,87-56)82-30-29-44(80-10)35(3)55(83-39(7)69)37(5)51(71)36(4)50(33)70/h11-31,33,35-37,44-45,50-51,55,57-58,61,70-74H,32H2,1-10H3,(H,67,76)/b21-20?,30-29?,34-22?,66-31+. The monoisotopic (exact) mass is 1200 g/mol. The van der Waals surface area contributed by atoms with Crippen LogP contribution in [0.1, 0.15) is 101 Å². The average Bonchev–Trinajstić information content (AvgIpc) is 1.71. The lowest BCUT2D eigenvalue weighted by Gasteiger charge is -2.38. The molecule has 22 heteroatoms. The Bertz CT molecular complexity index is 3520. The summed E-state index contributed by atoms with van der Waals surface area (Å²) in [6.45, 7) is 11.5. The largest absolute Gasteiger partial charge is 0.507 e. The van der Waals surface area contributed by atoms with Gasteiger partial charge in [-0.25, -0.2) is 14.4 Å². The number of ether oxygens (including phenoxy) is 8. The molecule has 87 heavy (non-hydrogen) atoms. The number of nitrogens with zero attached hydrogens (tertiary/aromatic N) is 2. The number of anilines is 1. The highest BCUT2D eigenvalue weighted by molar-refractivity contribution is 6.24. The van der Waals surface area contributed by atoms with Gasteiger partial charge in [-0.05, 0) is 56.3 Å². The van der Waals surface area contributed by atoms with E-state index in [1.54, 1.807) is 88.4 Å². The van der Waals surface area contributed by atoms with Crippen LogP contribution in [-0.4, -0.2) is 148 Å². The Morgan fingerprint density at radius 3 is 1.87 bits per heavy atom. The van der Waals surface area contributed by atoms with Crippen LogP contribution in [0.5, 0.6) is 23.0 Å². The molecule has 9 rings (SSSR count). The molecule has 4 heterocycles. The number of esters is 4. The number of allylic oxidation sites excluding steroid dienone is 2. The highest BCUT2D eigenvalue weighted by Gasteiger charge is 2.53. The summed E-state index contributed by atoms with van der Waals surface area (Å²) in [6, 6.07) is 23.9. The van der Waals surface area contributed by atoms with Gasteiger partial charge < -0.3 is 68.7 Å². The Hall–Kier alpha value is -9.09. The van der Waals surface area contributed by atoms with Crippen LogP contribution in [0.3, 0.4) is 0 Å². The molecule has 1 fully saturated rings. The molecule has 0 saturated carbocycles. The number of hydrazone groups is 1. The minimum Gasteiger partial charge on any atom is -0.507 e. The number of carbonyl (C=O) groups excluding carboxylic acids is 6. The van der Waals surface area contributed by atoms with Gasteiger partial charge in [0, 0.05) is 68.2 Å². The Balaban J connectivity index is 1.26. The highest BCUT2D eigenvalue weighted by Crippen LogP contribution is 2.55. The third-order valence-electron chi connectivity index (χ3n) is 15.9. The van der Waals surface area contributed by atoms with Crippen molar-refractivity contribution in [3.8, 4) is 23.0 Å². The van der Waals surface area contributed by atoms with Gasteiger partial charge in [-0.1, -0.05) is 101 Å². The number of ketones is 1. The predicted molar refractivity (Wildman–Crippen MR) is 316 cm³/mol. The average molecular weight is 1200 g/mol. The molecule has 5 bridgehead atoms. The Morgan fingerprint density at radius 1 is 0.724 bits per heavy atom. The number of carbonyl (C=O) groups is 6. The van der Waals surface area contributed by atoms with E-state index in [1.807, 2.05) is 0 Å². The number of aromatic hydroxyl groups is 3. The third-order valence-corrected chi connectivity index (χ3v) is 15.9. The molecule has 6 N–H and O–H groups in total. The van der Waals surface area contributed by atoms with E-state index in [2.05, 4.69) is 10.4 Å². The van der Waals surface area contributed by atoms with E-state index >= 15 is 0 Å². The number of rotatable bonds is 12. The first-order valence-corrected chi connectivity index (χ1v) is 28.1. The first kappa shape index (κ1) is 63.9. The van der Waals surface area contributed by atoms with Crippen LogP contribution in [0.2, 0.25) is 0 Å². The minimum absolute atomic E-state index is 0.0189. The van der Waals surface area contributed by atoms with Crippen molar-refractivity contribution in [3.63, 3.8) is 0 Å². The van der Waals surface area contributed by atoms with E-state index in [0.29, 0.717) is 0 Å². The van der Waals surface area contributed by atoms with Gasteiger partial charge in [-0.3, -0.25) is 19.4 Å². The van der Waals surface area contributed by atoms with E-state index < -0.39 is 160 Å².